The zero-order valence-corrected chi connectivity index (χ0v) is 11.6. The number of ether oxygens (including phenoxy) is 1. The van der Waals surface area contributed by atoms with Gasteiger partial charge in [0.25, 0.3) is 0 Å². The lowest BCUT2D eigenvalue weighted by Crippen LogP contribution is -2.31. The van der Waals surface area contributed by atoms with Gasteiger partial charge in [-0.25, -0.2) is 0 Å². The summed E-state index contributed by atoms with van der Waals surface area (Å²) in [6.45, 7) is 4.42. The first-order valence-electron chi connectivity index (χ1n) is 7.34. The van der Waals surface area contributed by atoms with E-state index < -0.39 is 0 Å². The highest BCUT2D eigenvalue weighted by atomic mass is 16.5. The van der Waals surface area contributed by atoms with E-state index in [1.165, 1.54) is 12.8 Å². The van der Waals surface area contributed by atoms with E-state index in [-0.39, 0.29) is 12.0 Å². The van der Waals surface area contributed by atoms with Crippen LogP contribution < -0.4 is 11.1 Å². The van der Waals surface area contributed by atoms with Crippen molar-refractivity contribution in [3.63, 3.8) is 0 Å². The molecule has 0 radical (unpaired) electrons. The molecule has 0 aromatic heterocycles. The minimum Gasteiger partial charge on any atom is -0.376 e. The molecule has 1 aliphatic rings. The lowest BCUT2D eigenvalue weighted by molar-refractivity contribution is -0.121. The molecule has 0 aliphatic carbocycles. The molecule has 2 unspecified atom stereocenters. The van der Waals surface area contributed by atoms with E-state index in [4.69, 9.17) is 10.5 Å². The highest BCUT2D eigenvalue weighted by molar-refractivity contribution is 5.75. The summed E-state index contributed by atoms with van der Waals surface area (Å²) in [6.07, 6.45) is 7.40. The Bertz CT molecular complexity index is 222. The van der Waals surface area contributed by atoms with Gasteiger partial charge in [-0.2, -0.15) is 0 Å². The molecule has 0 bridgehead atoms. The average Bonchev–Trinajstić information content (AvgIpc) is 2.87. The third kappa shape index (κ3) is 6.36. The Kier molecular flexibility index (Phi) is 8.01. The highest BCUT2D eigenvalue weighted by Gasteiger charge is 2.16. The van der Waals surface area contributed by atoms with E-state index in [1.807, 2.05) is 0 Å². The predicted molar refractivity (Wildman–Crippen MR) is 73.3 cm³/mol. The molecule has 1 fully saturated rings. The van der Waals surface area contributed by atoms with Gasteiger partial charge in [-0.05, 0) is 38.1 Å². The molecule has 4 heteroatoms. The summed E-state index contributed by atoms with van der Waals surface area (Å²) in [5.74, 6) is 0.761. The van der Waals surface area contributed by atoms with Gasteiger partial charge < -0.3 is 15.8 Å². The fraction of sp³-hybridized carbons (Fsp3) is 0.929. The monoisotopic (exact) mass is 256 g/mol. The van der Waals surface area contributed by atoms with Crippen LogP contribution in [0.5, 0.6) is 0 Å². The van der Waals surface area contributed by atoms with Crippen LogP contribution in [-0.2, 0) is 9.53 Å². The smallest absolute Gasteiger partial charge is 0.220 e. The van der Waals surface area contributed by atoms with Crippen LogP contribution >= 0.6 is 0 Å². The van der Waals surface area contributed by atoms with Crippen molar-refractivity contribution in [1.82, 2.24) is 5.32 Å². The molecule has 1 heterocycles. The highest BCUT2D eigenvalue weighted by Crippen LogP contribution is 2.17. The van der Waals surface area contributed by atoms with Crippen LogP contribution in [0.25, 0.3) is 0 Å². The predicted octanol–water partition coefficient (Wildman–Crippen LogP) is 1.83. The largest absolute Gasteiger partial charge is 0.376 e. The molecule has 106 valence electrons. The van der Waals surface area contributed by atoms with Crippen molar-refractivity contribution in [2.75, 3.05) is 19.7 Å². The molecule has 3 N–H and O–H groups in total. The average molecular weight is 256 g/mol. The van der Waals surface area contributed by atoms with Crippen LogP contribution in [0.15, 0.2) is 0 Å². The molecule has 1 rings (SSSR count). The van der Waals surface area contributed by atoms with Gasteiger partial charge in [0, 0.05) is 19.6 Å². The Hall–Kier alpha value is -0.610. The number of nitrogens with two attached hydrogens (primary N) is 1. The van der Waals surface area contributed by atoms with Crippen LogP contribution in [0.3, 0.4) is 0 Å². The maximum atomic E-state index is 11.7. The molecule has 2 atom stereocenters. The number of amides is 1. The topological polar surface area (TPSA) is 64.4 Å². The fourth-order valence-electron chi connectivity index (χ4n) is 2.53. The first-order valence-corrected chi connectivity index (χ1v) is 7.34. The number of rotatable bonds is 9. The van der Waals surface area contributed by atoms with E-state index in [0.717, 1.165) is 38.8 Å². The van der Waals surface area contributed by atoms with Crippen LogP contribution in [-0.4, -0.2) is 31.7 Å². The molecular formula is C14H28N2O2. The van der Waals surface area contributed by atoms with Crippen molar-refractivity contribution in [3.05, 3.63) is 0 Å². The Labute approximate surface area is 111 Å². The quantitative estimate of drug-likeness (QED) is 0.661. The van der Waals surface area contributed by atoms with Crippen molar-refractivity contribution in [2.45, 2.75) is 58.0 Å². The summed E-state index contributed by atoms with van der Waals surface area (Å²) in [4.78, 5) is 11.7. The van der Waals surface area contributed by atoms with E-state index in [1.54, 1.807) is 0 Å². The van der Waals surface area contributed by atoms with Gasteiger partial charge >= 0.3 is 0 Å². The Morgan fingerprint density at radius 2 is 2.28 bits per heavy atom. The van der Waals surface area contributed by atoms with E-state index >= 15 is 0 Å². The lowest BCUT2D eigenvalue weighted by atomic mass is 9.94. The fourth-order valence-corrected chi connectivity index (χ4v) is 2.53. The minimum absolute atomic E-state index is 0.156. The number of carbonyl (C=O) groups is 1. The first kappa shape index (κ1) is 15.4. The third-order valence-electron chi connectivity index (χ3n) is 3.60. The van der Waals surface area contributed by atoms with Crippen molar-refractivity contribution in [2.24, 2.45) is 11.7 Å². The van der Waals surface area contributed by atoms with Gasteiger partial charge in [0.05, 0.1) is 6.10 Å². The van der Waals surface area contributed by atoms with Crippen LogP contribution in [0, 0.1) is 5.92 Å². The molecule has 1 aliphatic heterocycles. The van der Waals surface area contributed by atoms with Gasteiger partial charge in [0.1, 0.15) is 0 Å². The molecule has 1 amide bonds. The van der Waals surface area contributed by atoms with E-state index in [2.05, 4.69) is 12.2 Å². The van der Waals surface area contributed by atoms with Gasteiger partial charge in [0.15, 0.2) is 0 Å². The van der Waals surface area contributed by atoms with Gasteiger partial charge in [-0.1, -0.05) is 19.8 Å². The van der Waals surface area contributed by atoms with Gasteiger partial charge in [0.2, 0.25) is 5.91 Å². The molecule has 0 saturated carbocycles. The standard InChI is InChI=1S/C14H28N2O2/c1-2-4-12(8-9-15)6-7-14(17)16-11-13-5-3-10-18-13/h12-13H,2-11,15H2,1H3,(H,16,17). The molecule has 0 spiro atoms. The van der Waals surface area contributed by atoms with Crippen LogP contribution in [0.1, 0.15) is 51.9 Å². The van der Waals surface area contributed by atoms with Gasteiger partial charge in [-0.3, -0.25) is 4.79 Å². The molecule has 1 saturated heterocycles. The maximum Gasteiger partial charge on any atom is 0.220 e. The Morgan fingerprint density at radius 3 is 2.89 bits per heavy atom. The van der Waals surface area contributed by atoms with Crippen LogP contribution in [0.4, 0.5) is 0 Å². The van der Waals surface area contributed by atoms with Crippen molar-refractivity contribution < 1.29 is 9.53 Å². The summed E-state index contributed by atoms with van der Waals surface area (Å²) < 4.78 is 5.47. The number of carbonyl (C=O) groups excluding carboxylic acids is 1. The van der Waals surface area contributed by atoms with E-state index in [0.29, 0.717) is 18.9 Å². The Morgan fingerprint density at radius 1 is 1.44 bits per heavy atom. The molecule has 4 nitrogen and oxygen atoms in total. The Balaban J connectivity index is 2.10. The van der Waals surface area contributed by atoms with Crippen LogP contribution in [0.2, 0.25) is 0 Å². The second kappa shape index (κ2) is 9.34. The number of hydrogen-bond donors (Lipinski definition) is 2. The summed E-state index contributed by atoms with van der Waals surface area (Å²) in [6, 6.07) is 0. The zero-order valence-electron chi connectivity index (χ0n) is 11.6. The zero-order chi connectivity index (χ0) is 13.2. The molecular weight excluding hydrogens is 228 g/mol. The van der Waals surface area contributed by atoms with Crippen molar-refractivity contribution >= 4 is 5.91 Å². The van der Waals surface area contributed by atoms with E-state index in [9.17, 15) is 4.79 Å². The van der Waals surface area contributed by atoms with Crippen molar-refractivity contribution in [3.8, 4) is 0 Å². The minimum atomic E-state index is 0.156. The molecule has 18 heavy (non-hydrogen) atoms. The summed E-state index contributed by atoms with van der Waals surface area (Å²) >= 11 is 0. The lowest BCUT2D eigenvalue weighted by Gasteiger charge is -2.15. The third-order valence-corrected chi connectivity index (χ3v) is 3.60. The first-order chi connectivity index (χ1) is 8.76. The normalized spacial score (nSPS) is 20.9. The number of hydrogen-bond acceptors (Lipinski definition) is 3. The summed E-state index contributed by atoms with van der Waals surface area (Å²) in [5.41, 5.74) is 5.59. The van der Waals surface area contributed by atoms with Gasteiger partial charge in [-0.15, -0.1) is 0 Å². The second-order valence-electron chi connectivity index (χ2n) is 5.21. The second-order valence-corrected chi connectivity index (χ2v) is 5.21. The molecule has 0 aromatic carbocycles. The number of nitrogens with one attached hydrogen (secondary N) is 1. The summed E-state index contributed by atoms with van der Waals surface area (Å²) in [5, 5.41) is 2.97. The summed E-state index contributed by atoms with van der Waals surface area (Å²) in [7, 11) is 0. The SMILES string of the molecule is CCCC(CCN)CCC(=O)NCC1CCCO1. The molecule has 0 aromatic rings. The van der Waals surface area contributed by atoms with Crippen molar-refractivity contribution in [1.29, 1.82) is 0 Å². The maximum absolute atomic E-state index is 11.7.